The van der Waals surface area contributed by atoms with E-state index in [1.807, 2.05) is 9.80 Å². The average Bonchev–Trinajstić information content (AvgIpc) is 3.11. The van der Waals surface area contributed by atoms with Crippen LogP contribution in [0.5, 0.6) is 0 Å². The Kier molecular flexibility index (Phi) is 10.1. The number of alkyl halides is 3. The molecule has 0 bridgehead atoms. The lowest BCUT2D eigenvalue weighted by Gasteiger charge is -2.37. The Hall–Kier alpha value is -0.820. The van der Waals surface area contributed by atoms with Crippen LogP contribution in [-0.2, 0) is 9.53 Å². The summed E-state index contributed by atoms with van der Waals surface area (Å²) in [4.78, 5) is 21.6. The average molecular weight is 507 g/mol. The molecular weight excluding hydrogens is 478 g/mol. The minimum absolute atomic E-state index is 0. The Morgan fingerprint density at radius 2 is 1.89 bits per heavy atom. The van der Waals surface area contributed by atoms with Crippen molar-refractivity contribution in [3.05, 3.63) is 0 Å². The van der Waals surface area contributed by atoms with Gasteiger partial charge in [-0.25, -0.2) is 0 Å². The zero-order valence-electron chi connectivity index (χ0n) is 15.8. The van der Waals surface area contributed by atoms with Crippen LogP contribution < -0.4 is 5.32 Å². The Bertz CT molecular complexity index is 493. The molecule has 2 aliphatic rings. The molecule has 0 aromatic rings. The smallest absolute Gasteiger partial charge is 0.368 e. The molecule has 1 unspecified atom stereocenters. The molecule has 1 atom stereocenters. The minimum Gasteiger partial charge on any atom is -0.368 e. The maximum atomic E-state index is 12.3. The summed E-state index contributed by atoms with van der Waals surface area (Å²) in [6, 6.07) is 0. The van der Waals surface area contributed by atoms with E-state index in [1.165, 1.54) is 11.9 Å². The number of carbonyl (C=O) groups is 1. The van der Waals surface area contributed by atoms with Gasteiger partial charge >= 0.3 is 6.18 Å². The molecule has 2 heterocycles. The molecule has 2 rings (SSSR count). The highest BCUT2D eigenvalue weighted by Gasteiger charge is 2.31. The van der Waals surface area contributed by atoms with E-state index < -0.39 is 12.7 Å². The zero-order valence-corrected chi connectivity index (χ0v) is 18.1. The lowest BCUT2D eigenvalue weighted by molar-refractivity contribution is -0.143. The third-order valence-corrected chi connectivity index (χ3v) is 4.53. The van der Waals surface area contributed by atoms with Gasteiger partial charge in [0.05, 0.1) is 6.54 Å². The fourth-order valence-electron chi connectivity index (χ4n) is 3.19. The van der Waals surface area contributed by atoms with E-state index in [2.05, 4.69) is 10.3 Å². The normalized spacial score (nSPS) is 21.4. The van der Waals surface area contributed by atoms with Crippen molar-refractivity contribution in [1.82, 2.24) is 20.0 Å². The second kappa shape index (κ2) is 11.2. The van der Waals surface area contributed by atoms with Crippen LogP contribution in [0.4, 0.5) is 13.2 Å². The van der Waals surface area contributed by atoms with E-state index >= 15 is 0 Å². The van der Waals surface area contributed by atoms with Gasteiger partial charge in [0.15, 0.2) is 5.96 Å². The number of aliphatic imine (C=N–C) groups is 1. The number of guanidine groups is 1. The van der Waals surface area contributed by atoms with E-state index in [4.69, 9.17) is 4.74 Å². The number of halogens is 4. The van der Waals surface area contributed by atoms with Gasteiger partial charge in [0.25, 0.3) is 5.91 Å². The van der Waals surface area contributed by atoms with Crippen LogP contribution in [0.25, 0.3) is 0 Å². The SMILES string of the molecule is CN=C(NCCN(C)CC(F)(F)F)N1CCN(C(=O)C2CCCO2)CC1.I. The standard InChI is InChI=1S/C16H28F3N5O2.HI/c1-20-15(21-5-6-22(2)12-16(17,18)19)24-9-7-23(8-10-24)14(25)13-4-3-11-26-13;/h13H,3-12H2,1-2H3,(H,20,21);1H. The largest absolute Gasteiger partial charge is 0.401 e. The van der Waals surface area contributed by atoms with Crippen LogP contribution in [0.1, 0.15) is 12.8 Å². The van der Waals surface area contributed by atoms with Gasteiger partial charge in [-0.2, -0.15) is 13.2 Å². The first-order valence-electron chi connectivity index (χ1n) is 8.91. The van der Waals surface area contributed by atoms with Crippen molar-refractivity contribution in [3.63, 3.8) is 0 Å². The molecule has 27 heavy (non-hydrogen) atoms. The number of piperazine rings is 1. The Morgan fingerprint density at radius 1 is 1.26 bits per heavy atom. The van der Waals surface area contributed by atoms with Crippen molar-refractivity contribution in [3.8, 4) is 0 Å². The minimum atomic E-state index is -4.19. The van der Waals surface area contributed by atoms with Gasteiger partial charge in [-0.3, -0.25) is 14.7 Å². The van der Waals surface area contributed by atoms with Crippen molar-refractivity contribution < 1.29 is 22.7 Å². The summed E-state index contributed by atoms with van der Waals surface area (Å²) < 4.78 is 42.4. The summed E-state index contributed by atoms with van der Waals surface area (Å²) in [6.07, 6.45) is -2.78. The number of carbonyl (C=O) groups excluding carboxylic acids is 1. The molecule has 2 aliphatic heterocycles. The van der Waals surface area contributed by atoms with Crippen LogP contribution in [-0.4, -0.2) is 105 Å². The van der Waals surface area contributed by atoms with Crippen molar-refractivity contribution in [2.24, 2.45) is 4.99 Å². The first kappa shape index (κ1) is 24.2. The predicted molar refractivity (Wildman–Crippen MR) is 107 cm³/mol. The third-order valence-electron chi connectivity index (χ3n) is 4.53. The van der Waals surface area contributed by atoms with Gasteiger partial charge in [-0.15, -0.1) is 24.0 Å². The number of ether oxygens (including phenoxy) is 1. The summed E-state index contributed by atoms with van der Waals surface area (Å²) in [6.45, 7) is 2.80. The lowest BCUT2D eigenvalue weighted by Crippen LogP contribution is -2.55. The van der Waals surface area contributed by atoms with Gasteiger partial charge in [0.1, 0.15) is 6.10 Å². The van der Waals surface area contributed by atoms with Crippen LogP contribution >= 0.6 is 24.0 Å². The number of likely N-dealkylation sites (N-methyl/N-ethyl adjacent to an activating group) is 1. The third kappa shape index (κ3) is 7.98. The number of nitrogens with zero attached hydrogens (tertiary/aromatic N) is 4. The number of hydrogen-bond donors (Lipinski definition) is 1. The highest BCUT2D eigenvalue weighted by Crippen LogP contribution is 2.16. The van der Waals surface area contributed by atoms with Crippen molar-refractivity contribution in [1.29, 1.82) is 0 Å². The molecule has 0 spiro atoms. The van der Waals surface area contributed by atoms with Crippen LogP contribution in [0.2, 0.25) is 0 Å². The molecule has 0 aliphatic carbocycles. The monoisotopic (exact) mass is 507 g/mol. The van der Waals surface area contributed by atoms with Crippen molar-refractivity contribution in [2.45, 2.75) is 25.1 Å². The van der Waals surface area contributed by atoms with Crippen LogP contribution in [0.3, 0.4) is 0 Å². The number of amides is 1. The van der Waals surface area contributed by atoms with Gasteiger partial charge in [-0.1, -0.05) is 0 Å². The van der Waals surface area contributed by atoms with E-state index in [0.29, 0.717) is 45.3 Å². The molecule has 11 heteroatoms. The maximum absolute atomic E-state index is 12.3. The molecule has 7 nitrogen and oxygen atoms in total. The quantitative estimate of drug-likeness (QED) is 0.342. The number of rotatable bonds is 5. The molecule has 1 amide bonds. The molecule has 1 N–H and O–H groups in total. The van der Waals surface area contributed by atoms with Crippen LogP contribution in [0.15, 0.2) is 4.99 Å². The number of nitrogens with one attached hydrogen (secondary N) is 1. The summed E-state index contributed by atoms with van der Waals surface area (Å²) in [5.41, 5.74) is 0. The van der Waals surface area contributed by atoms with Crippen molar-refractivity contribution >= 4 is 35.8 Å². The van der Waals surface area contributed by atoms with E-state index in [-0.39, 0.29) is 42.5 Å². The van der Waals surface area contributed by atoms with Gasteiger partial charge in [-0.05, 0) is 19.9 Å². The molecule has 2 saturated heterocycles. The maximum Gasteiger partial charge on any atom is 0.401 e. The Labute approximate surface area is 175 Å². The van der Waals surface area contributed by atoms with Crippen LogP contribution in [0, 0.1) is 0 Å². The highest BCUT2D eigenvalue weighted by atomic mass is 127. The Morgan fingerprint density at radius 3 is 2.41 bits per heavy atom. The first-order chi connectivity index (χ1) is 12.3. The van der Waals surface area contributed by atoms with Gasteiger partial charge in [0, 0.05) is 52.9 Å². The zero-order chi connectivity index (χ0) is 19.2. The van der Waals surface area contributed by atoms with Gasteiger partial charge in [0.2, 0.25) is 0 Å². The molecule has 158 valence electrons. The molecule has 0 radical (unpaired) electrons. The topological polar surface area (TPSA) is 60.4 Å². The molecule has 0 saturated carbocycles. The fraction of sp³-hybridized carbons (Fsp3) is 0.875. The second-order valence-corrected chi connectivity index (χ2v) is 6.64. The number of hydrogen-bond acceptors (Lipinski definition) is 4. The second-order valence-electron chi connectivity index (χ2n) is 6.64. The van der Waals surface area contributed by atoms with E-state index in [9.17, 15) is 18.0 Å². The summed E-state index contributed by atoms with van der Waals surface area (Å²) in [5, 5.41) is 3.09. The first-order valence-corrected chi connectivity index (χ1v) is 8.91. The molecule has 2 fully saturated rings. The van der Waals surface area contributed by atoms with Crippen molar-refractivity contribution in [2.75, 3.05) is 66.5 Å². The van der Waals surface area contributed by atoms with E-state index in [0.717, 1.165) is 12.8 Å². The lowest BCUT2D eigenvalue weighted by atomic mass is 10.2. The van der Waals surface area contributed by atoms with E-state index in [1.54, 1.807) is 7.05 Å². The van der Waals surface area contributed by atoms with Gasteiger partial charge < -0.3 is 19.9 Å². The summed E-state index contributed by atoms with van der Waals surface area (Å²) in [7, 11) is 3.08. The predicted octanol–water partition coefficient (Wildman–Crippen LogP) is 0.997. The fourth-order valence-corrected chi connectivity index (χ4v) is 3.19. The molecule has 0 aromatic heterocycles. The highest BCUT2D eigenvalue weighted by molar-refractivity contribution is 14.0. The summed E-state index contributed by atoms with van der Waals surface area (Å²) >= 11 is 0. The Balaban J connectivity index is 0.00000364. The molecular formula is C16H29F3IN5O2. The molecule has 0 aromatic carbocycles. The summed E-state index contributed by atoms with van der Waals surface area (Å²) in [5.74, 6) is 0.702.